The number of likely N-dealkylation sites (N-methyl/N-ethyl adjacent to an activating group) is 1. The Kier molecular flexibility index (Phi) is 7.18. The molecule has 0 saturated heterocycles. The van der Waals surface area contributed by atoms with Crippen LogP contribution >= 0.6 is 0 Å². The largest absolute Gasteiger partial charge is 0.449 e. The van der Waals surface area contributed by atoms with Crippen molar-refractivity contribution in [2.45, 2.75) is 38.2 Å². The molecule has 128 valence electrons. The van der Waals surface area contributed by atoms with Crippen molar-refractivity contribution in [1.29, 1.82) is 0 Å². The second kappa shape index (κ2) is 8.64. The zero-order valence-electron chi connectivity index (χ0n) is 13.5. The maximum Gasteiger partial charge on any atom is 0.338 e. The topological polar surface area (TPSA) is 102 Å². The Morgan fingerprint density at radius 1 is 1.26 bits per heavy atom. The standard InChI is InChI=1S/C15H22N2O5S/c1-4-9-17-23(20,21)13-8-6-7-12(10-13)15(19)22-11(3)14(18)16-5-2/h6-8,10-11,17H,4-5,9H2,1-3H3,(H,16,18)/t11-/m1/s1. The summed E-state index contributed by atoms with van der Waals surface area (Å²) in [5.41, 5.74) is 0.0699. The van der Waals surface area contributed by atoms with Crippen molar-refractivity contribution < 1.29 is 22.7 Å². The Bertz CT molecular complexity index is 658. The Morgan fingerprint density at radius 3 is 2.57 bits per heavy atom. The molecule has 8 heteroatoms. The molecule has 0 aliphatic heterocycles. The summed E-state index contributed by atoms with van der Waals surface area (Å²) >= 11 is 0. The Labute approximate surface area is 136 Å². The monoisotopic (exact) mass is 342 g/mol. The van der Waals surface area contributed by atoms with Gasteiger partial charge in [-0.25, -0.2) is 17.9 Å². The minimum Gasteiger partial charge on any atom is -0.449 e. The maximum atomic E-state index is 12.1. The molecule has 0 heterocycles. The van der Waals surface area contributed by atoms with Gasteiger partial charge in [0.05, 0.1) is 10.5 Å². The normalized spacial score (nSPS) is 12.5. The van der Waals surface area contributed by atoms with Crippen molar-refractivity contribution >= 4 is 21.9 Å². The number of ether oxygens (including phenoxy) is 1. The fourth-order valence-electron chi connectivity index (χ4n) is 1.71. The van der Waals surface area contributed by atoms with Crippen LogP contribution in [-0.2, 0) is 19.6 Å². The predicted octanol–water partition coefficient (Wildman–Crippen LogP) is 1.06. The van der Waals surface area contributed by atoms with E-state index in [1.54, 1.807) is 6.92 Å². The number of esters is 1. The third-order valence-corrected chi connectivity index (χ3v) is 4.38. The van der Waals surface area contributed by atoms with Gasteiger partial charge in [-0.1, -0.05) is 13.0 Å². The average molecular weight is 342 g/mol. The molecule has 0 bridgehead atoms. The van der Waals surface area contributed by atoms with Crippen LogP contribution in [0.2, 0.25) is 0 Å². The minimum absolute atomic E-state index is 0.0222. The number of carbonyl (C=O) groups is 2. The minimum atomic E-state index is -3.67. The van der Waals surface area contributed by atoms with Gasteiger partial charge >= 0.3 is 5.97 Å². The molecule has 0 spiro atoms. The zero-order chi connectivity index (χ0) is 17.5. The van der Waals surface area contributed by atoms with Crippen molar-refractivity contribution in [3.8, 4) is 0 Å². The van der Waals surface area contributed by atoms with E-state index >= 15 is 0 Å². The van der Waals surface area contributed by atoms with Crippen LogP contribution in [0.1, 0.15) is 37.6 Å². The molecule has 1 aromatic carbocycles. The van der Waals surface area contributed by atoms with Gasteiger partial charge in [-0.3, -0.25) is 4.79 Å². The summed E-state index contributed by atoms with van der Waals surface area (Å²) in [6.07, 6.45) is -0.300. The van der Waals surface area contributed by atoms with E-state index in [4.69, 9.17) is 4.74 Å². The van der Waals surface area contributed by atoms with E-state index < -0.39 is 28.0 Å². The summed E-state index contributed by atoms with van der Waals surface area (Å²) in [6.45, 7) is 5.79. The molecule has 23 heavy (non-hydrogen) atoms. The van der Waals surface area contributed by atoms with E-state index in [0.29, 0.717) is 19.5 Å². The number of carbonyl (C=O) groups excluding carboxylic acids is 2. The molecular weight excluding hydrogens is 320 g/mol. The molecule has 1 aromatic rings. The summed E-state index contributed by atoms with van der Waals surface area (Å²) in [5.74, 6) is -1.16. The number of benzene rings is 1. The second-order valence-electron chi connectivity index (χ2n) is 4.87. The van der Waals surface area contributed by atoms with Crippen LogP contribution in [0.3, 0.4) is 0 Å². The summed E-state index contributed by atoms with van der Waals surface area (Å²) in [5, 5.41) is 2.54. The Balaban J connectivity index is 2.88. The average Bonchev–Trinajstić information content (AvgIpc) is 2.53. The van der Waals surface area contributed by atoms with Gasteiger partial charge in [-0.15, -0.1) is 0 Å². The number of amides is 1. The van der Waals surface area contributed by atoms with Crippen LogP contribution in [0.5, 0.6) is 0 Å². The summed E-state index contributed by atoms with van der Waals surface area (Å²) in [7, 11) is -3.67. The molecule has 0 unspecified atom stereocenters. The number of nitrogens with one attached hydrogen (secondary N) is 2. The van der Waals surface area contributed by atoms with Gasteiger partial charge in [-0.05, 0) is 38.5 Å². The van der Waals surface area contributed by atoms with Crippen molar-refractivity contribution in [1.82, 2.24) is 10.0 Å². The second-order valence-corrected chi connectivity index (χ2v) is 6.63. The summed E-state index contributed by atoms with van der Waals surface area (Å²) in [4.78, 5) is 23.6. The fourth-order valence-corrected chi connectivity index (χ4v) is 2.89. The highest BCUT2D eigenvalue weighted by molar-refractivity contribution is 7.89. The quantitative estimate of drug-likeness (QED) is 0.688. The lowest BCUT2D eigenvalue weighted by Gasteiger charge is -2.13. The lowest BCUT2D eigenvalue weighted by atomic mass is 10.2. The van der Waals surface area contributed by atoms with Crippen LogP contribution < -0.4 is 10.0 Å². The van der Waals surface area contributed by atoms with Crippen molar-refractivity contribution in [2.75, 3.05) is 13.1 Å². The molecule has 0 aromatic heterocycles. The molecular formula is C15H22N2O5S. The molecule has 1 rings (SSSR count). The van der Waals surface area contributed by atoms with Crippen LogP contribution in [0.4, 0.5) is 0 Å². The molecule has 0 aliphatic carbocycles. The van der Waals surface area contributed by atoms with Crippen LogP contribution in [0.25, 0.3) is 0 Å². The molecule has 7 nitrogen and oxygen atoms in total. The first-order chi connectivity index (χ1) is 10.8. The van der Waals surface area contributed by atoms with E-state index in [1.165, 1.54) is 31.2 Å². The molecule has 2 N–H and O–H groups in total. The number of hydrogen-bond donors (Lipinski definition) is 2. The van der Waals surface area contributed by atoms with Gasteiger partial charge in [0.1, 0.15) is 0 Å². The third-order valence-electron chi connectivity index (χ3n) is 2.93. The van der Waals surface area contributed by atoms with Gasteiger partial charge in [0.2, 0.25) is 10.0 Å². The van der Waals surface area contributed by atoms with Crippen LogP contribution in [0, 0.1) is 0 Å². The lowest BCUT2D eigenvalue weighted by Crippen LogP contribution is -2.35. The van der Waals surface area contributed by atoms with Crippen LogP contribution in [-0.4, -0.2) is 39.5 Å². The van der Waals surface area contributed by atoms with E-state index in [9.17, 15) is 18.0 Å². The number of hydrogen-bond acceptors (Lipinski definition) is 5. The first-order valence-electron chi connectivity index (χ1n) is 7.40. The highest BCUT2D eigenvalue weighted by atomic mass is 32.2. The van der Waals surface area contributed by atoms with E-state index in [0.717, 1.165) is 0 Å². The van der Waals surface area contributed by atoms with Crippen LogP contribution in [0.15, 0.2) is 29.2 Å². The molecule has 1 amide bonds. The predicted molar refractivity (Wildman–Crippen MR) is 85.5 cm³/mol. The summed E-state index contributed by atoms with van der Waals surface area (Å²) in [6, 6.07) is 5.51. The first kappa shape index (κ1) is 19.1. The fraction of sp³-hybridized carbons (Fsp3) is 0.467. The molecule has 0 aliphatic rings. The van der Waals surface area contributed by atoms with Crippen molar-refractivity contribution in [3.05, 3.63) is 29.8 Å². The van der Waals surface area contributed by atoms with E-state index in [2.05, 4.69) is 10.0 Å². The van der Waals surface area contributed by atoms with E-state index in [1.807, 2.05) is 6.92 Å². The van der Waals surface area contributed by atoms with Crippen molar-refractivity contribution in [2.24, 2.45) is 0 Å². The Hall–Kier alpha value is -1.93. The van der Waals surface area contributed by atoms with E-state index in [-0.39, 0.29) is 10.5 Å². The molecule has 0 radical (unpaired) electrons. The third kappa shape index (κ3) is 5.65. The van der Waals surface area contributed by atoms with Gasteiger partial charge in [0.25, 0.3) is 5.91 Å². The van der Waals surface area contributed by atoms with Crippen molar-refractivity contribution in [3.63, 3.8) is 0 Å². The summed E-state index contributed by atoms with van der Waals surface area (Å²) < 4.78 is 31.6. The highest BCUT2D eigenvalue weighted by Crippen LogP contribution is 2.13. The Morgan fingerprint density at radius 2 is 1.96 bits per heavy atom. The smallest absolute Gasteiger partial charge is 0.338 e. The first-order valence-corrected chi connectivity index (χ1v) is 8.88. The number of rotatable bonds is 8. The molecule has 0 fully saturated rings. The maximum absolute atomic E-state index is 12.1. The highest BCUT2D eigenvalue weighted by Gasteiger charge is 2.20. The lowest BCUT2D eigenvalue weighted by molar-refractivity contribution is -0.128. The van der Waals surface area contributed by atoms with Gasteiger partial charge < -0.3 is 10.1 Å². The zero-order valence-corrected chi connectivity index (χ0v) is 14.3. The SMILES string of the molecule is CCCNS(=O)(=O)c1cccc(C(=O)O[C@H](C)C(=O)NCC)c1. The van der Waals surface area contributed by atoms with Gasteiger partial charge in [0.15, 0.2) is 6.10 Å². The van der Waals surface area contributed by atoms with Gasteiger partial charge in [-0.2, -0.15) is 0 Å². The molecule has 1 atom stereocenters. The number of sulfonamides is 1. The molecule has 0 saturated carbocycles. The van der Waals surface area contributed by atoms with Gasteiger partial charge in [0, 0.05) is 13.1 Å².